The highest BCUT2D eigenvalue weighted by molar-refractivity contribution is 9.10. The van der Waals surface area contributed by atoms with Gasteiger partial charge < -0.3 is 10.4 Å². The van der Waals surface area contributed by atoms with Crippen molar-refractivity contribution < 1.29 is 19.5 Å². The molecule has 0 radical (unpaired) electrons. The largest absolute Gasteiger partial charge is 0.507 e. The summed E-state index contributed by atoms with van der Waals surface area (Å²) in [6.07, 6.45) is 1.42. The van der Waals surface area contributed by atoms with Crippen LogP contribution in [0, 0.1) is 0 Å². The fourth-order valence-corrected chi connectivity index (χ4v) is 3.63. The summed E-state index contributed by atoms with van der Waals surface area (Å²) in [5, 5.41) is 12.5. The average Bonchev–Trinajstić information content (AvgIpc) is 2.87. The number of imide groups is 1. The Bertz CT molecular complexity index is 962. The highest BCUT2D eigenvalue weighted by atomic mass is 79.9. The molecule has 2 aromatic rings. The molecule has 0 spiro atoms. The molecule has 0 bridgehead atoms. The zero-order chi connectivity index (χ0) is 19.6. The highest BCUT2D eigenvalue weighted by Crippen LogP contribution is 2.34. The van der Waals surface area contributed by atoms with E-state index in [0.717, 1.165) is 4.90 Å². The second kappa shape index (κ2) is 8.16. The average molecular weight is 468 g/mol. The molecule has 27 heavy (non-hydrogen) atoms. The minimum absolute atomic E-state index is 0.0227. The van der Waals surface area contributed by atoms with Crippen molar-refractivity contribution in [1.29, 1.82) is 0 Å². The summed E-state index contributed by atoms with van der Waals surface area (Å²) in [5.41, 5.74) is 0.895. The molecule has 1 fully saturated rings. The lowest BCUT2D eigenvalue weighted by atomic mass is 10.2. The van der Waals surface area contributed by atoms with Gasteiger partial charge in [0.25, 0.3) is 11.1 Å². The molecule has 0 atom stereocenters. The Morgan fingerprint density at radius 1 is 1.22 bits per heavy atom. The molecule has 3 amide bonds. The van der Waals surface area contributed by atoms with Crippen molar-refractivity contribution in [3.63, 3.8) is 0 Å². The molecule has 0 aliphatic carbocycles. The lowest BCUT2D eigenvalue weighted by Gasteiger charge is -2.12. The van der Waals surface area contributed by atoms with Gasteiger partial charge in [-0.25, -0.2) is 0 Å². The topological polar surface area (TPSA) is 86.7 Å². The normalized spacial score (nSPS) is 15.5. The van der Waals surface area contributed by atoms with Gasteiger partial charge in [-0.2, -0.15) is 0 Å². The Morgan fingerprint density at radius 3 is 2.63 bits per heavy atom. The second-order valence-electron chi connectivity index (χ2n) is 5.53. The molecule has 0 aromatic heterocycles. The summed E-state index contributed by atoms with van der Waals surface area (Å²) in [7, 11) is 0. The van der Waals surface area contributed by atoms with Gasteiger partial charge >= 0.3 is 0 Å². The number of carbonyl (C=O) groups is 3. The first-order valence-corrected chi connectivity index (χ1v) is 9.61. The van der Waals surface area contributed by atoms with Crippen LogP contribution in [0.5, 0.6) is 5.75 Å². The van der Waals surface area contributed by atoms with Crippen LogP contribution >= 0.6 is 39.3 Å². The summed E-state index contributed by atoms with van der Waals surface area (Å²) < 4.78 is 0.716. The van der Waals surface area contributed by atoms with E-state index in [0.29, 0.717) is 32.5 Å². The van der Waals surface area contributed by atoms with Crippen LogP contribution in [0.25, 0.3) is 6.08 Å². The van der Waals surface area contributed by atoms with E-state index in [9.17, 15) is 19.5 Å². The Kier molecular flexibility index (Phi) is 5.88. The molecule has 1 heterocycles. The van der Waals surface area contributed by atoms with Gasteiger partial charge in [-0.15, -0.1) is 0 Å². The minimum Gasteiger partial charge on any atom is -0.507 e. The third kappa shape index (κ3) is 4.71. The number of benzene rings is 2. The maximum atomic E-state index is 12.5. The van der Waals surface area contributed by atoms with Crippen LogP contribution in [-0.2, 0) is 9.59 Å². The summed E-state index contributed by atoms with van der Waals surface area (Å²) >= 11 is 9.79. The summed E-state index contributed by atoms with van der Waals surface area (Å²) in [4.78, 5) is 37.7. The molecule has 9 heteroatoms. The predicted octanol–water partition coefficient (Wildman–Crippen LogP) is 4.48. The number of carbonyl (C=O) groups excluding carboxylic acids is 3. The van der Waals surface area contributed by atoms with Gasteiger partial charge in [0.05, 0.1) is 4.91 Å². The SMILES string of the molecule is O=C(CN1C(=O)S/C(=C\c2cc(Br)ccc2O)C1=O)Nc1ccc(Cl)cc1. The number of aromatic hydroxyl groups is 1. The van der Waals surface area contributed by atoms with Crippen LogP contribution in [0.2, 0.25) is 5.02 Å². The van der Waals surface area contributed by atoms with E-state index in [1.165, 1.54) is 12.1 Å². The molecule has 1 aliphatic heterocycles. The van der Waals surface area contributed by atoms with E-state index in [1.807, 2.05) is 0 Å². The van der Waals surface area contributed by atoms with Crippen LogP contribution in [0.4, 0.5) is 10.5 Å². The third-order valence-electron chi connectivity index (χ3n) is 3.58. The number of nitrogens with zero attached hydrogens (tertiary/aromatic N) is 1. The minimum atomic E-state index is -0.587. The van der Waals surface area contributed by atoms with Gasteiger partial charge in [0.1, 0.15) is 12.3 Å². The van der Waals surface area contributed by atoms with E-state index in [1.54, 1.807) is 36.4 Å². The number of hydrogen-bond acceptors (Lipinski definition) is 5. The van der Waals surface area contributed by atoms with Crippen molar-refractivity contribution in [1.82, 2.24) is 4.90 Å². The van der Waals surface area contributed by atoms with Crippen LogP contribution in [-0.4, -0.2) is 33.6 Å². The predicted molar refractivity (Wildman–Crippen MR) is 109 cm³/mol. The Hall–Kier alpha value is -2.29. The zero-order valence-electron chi connectivity index (χ0n) is 13.6. The first kappa shape index (κ1) is 19.5. The maximum absolute atomic E-state index is 12.5. The first-order chi connectivity index (χ1) is 12.8. The number of halogens is 2. The van der Waals surface area contributed by atoms with Crippen LogP contribution in [0.15, 0.2) is 51.8 Å². The monoisotopic (exact) mass is 466 g/mol. The van der Waals surface area contributed by atoms with Crippen LogP contribution < -0.4 is 5.32 Å². The zero-order valence-corrected chi connectivity index (χ0v) is 16.8. The van der Waals surface area contributed by atoms with Crippen molar-refractivity contribution in [2.24, 2.45) is 0 Å². The van der Waals surface area contributed by atoms with Gasteiger partial charge in [0, 0.05) is 20.7 Å². The quantitative estimate of drug-likeness (QED) is 0.647. The number of rotatable bonds is 4. The molecule has 1 saturated heterocycles. The Balaban J connectivity index is 1.72. The summed E-state index contributed by atoms with van der Waals surface area (Å²) in [6, 6.07) is 11.2. The van der Waals surface area contributed by atoms with Gasteiger partial charge in [-0.1, -0.05) is 27.5 Å². The highest BCUT2D eigenvalue weighted by Gasteiger charge is 2.36. The van der Waals surface area contributed by atoms with Gasteiger partial charge in [0.15, 0.2) is 0 Å². The van der Waals surface area contributed by atoms with Crippen molar-refractivity contribution in [2.45, 2.75) is 0 Å². The molecule has 0 saturated carbocycles. The molecule has 3 rings (SSSR count). The number of nitrogens with one attached hydrogen (secondary N) is 1. The lowest BCUT2D eigenvalue weighted by molar-refractivity contribution is -0.127. The van der Waals surface area contributed by atoms with Crippen LogP contribution in [0.3, 0.4) is 0 Å². The van der Waals surface area contributed by atoms with Gasteiger partial charge in [-0.3, -0.25) is 19.3 Å². The molecular formula is C18H12BrClN2O4S. The van der Waals surface area contributed by atoms with Crippen molar-refractivity contribution in [3.8, 4) is 5.75 Å². The number of phenols is 1. The third-order valence-corrected chi connectivity index (χ3v) is 5.23. The molecule has 2 N–H and O–H groups in total. The fourth-order valence-electron chi connectivity index (χ4n) is 2.30. The molecule has 2 aromatic carbocycles. The summed E-state index contributed by atoms with van der Waals surface area (Å²) in [5.74, 6) is -1.12. The first-order valence-electron chi connectivity index (χ1n) is 7.63. The van der Waals surface area contributed by atoms with Crippen LogP contribution in [0.1, 0.15) is 5.56 Å². The van der Waals surface area contributed by atoms with E-state index >= 15 is 0 Å². The lowest BCUT2D eigenvalue weighted by Crippen LogP contribution is -2.36. The van der Waals surface area contributed by atoms with E-state index in [2.05, 4.69) is 21.2 Å². The Morgan fingerprint density at radius 2 is 1.93 bits per heavy atom. The second-order valence-corrected chi connectivity index (χ2v) is 7.87. The fraction of sp³-hybridized carbons (Fsp3) is 0.0556. The molecular weight excluding hydrogens is 456 g/mol. The molecule has 0 unspecified atom stereocenters. The van der Waals surface area contributed by atoms with E-state index in [-0.39, 0.29) is 10.7 Å². The molecule has 138 valence electrons. The number of amides is 3. The van der Waals surface area contributed by atoms with Crippen molar-refractivity contribution >= 4 is 68.1 Å². The van der Waals surface area contributed by atoms with E-state index < -0.39 is 23.6 Å². The Labute approximate surface area is 172 Å². The van der Waals surface area contributed by atoms with Gasteiger partial charge in [0.2, 0.25) is 5.91 Å². The van der Waals surface area contributed by atoms with E-state index in [4.69, 9.17) is 11.6 Å². The van der Waals surface area contributed by atoms with Crippen molar-refractivity contribution in [2.75, 3.05) is 11.9 Å². The maximum Gasteiger partial charge on any atom is 0.294 e. The molecule has 1 aliphatic rings. The number of hydrogen-bond donors (Lipinski definition) is 2. The van der Waals surface area contributed by atoms with Gasteiger partial charge in [-0.05, 0) is 60.3 Å². The number of phenolic OH excluding ortho intramolecular Hbond substituents is 1. The standard InChI is InChI=1S/C18H12BrClN2O4S/c19-11-1-6-14(23)10(7-11)8-15-17(25)22(18(26)27-15)9-16(24)21-13-4-2-12(20)3-5-13/h1-8,23H,9H2,(H,21,24)/b15-8-. The number of thioether (sulfide) groups is 1. The van der Waals surface area contributed by atoms with Crippen molar-refractivity contribution in [3.05, 3.63) is 62.4 Å². The smallest absolute Gasteiger partial charge is 0.294 e. The molecule has 6 nitrogen and oxygen atoms in total. The number of anilines is 1. The summed E-state index contributed by atoms with van der Waals surface area (Å²) in [6.45, 7) is -0.408.